The molecule has 1 aromatic carbocycles. The Morgan fingerprint density at radius 1 is 1.30 bits per heavy atom. The SMILES string of the molecule is Cl.O=C(c1cc(Cl)ccc1I)N1C2CCNCC1CC2. The fourth-order valence-electron chi connectivity index (χ4n) is 3.11. The van der Waals surface area contributed by atoms with Gasteiger partial charge in [0.15, 0.2) is 0 Å². The number of carbonyl (C=O) groups is 1. The van der Waals surface area contributed by atoms with Crippen molar-refractivity contribution in [1.29, 1.82) is 0 Å². The van der Waals surface area contributed by atoms with Gasteiger partial charge in [-0.3, -0.25) is 4.79 Å². The summed E-state index contributed by atoms with van der Waals surface area (Å²) >= 11 is 8.24. The Morgan fingerprint density at radius 2 is 2.05 bits per heavy atom. The molecular formula is C14H17Cl2IN2O. The Morgan fingerprint density at radius 3 is 2.85 bits per heavy atom. The van der Waals surface area contributed by atoms with Crippen LogP contribution >= 0.6 is 46.6 Å². The van der Waals surface area contributed by atoms with E-state index in [0.717, 1.165) is 41.5 Å². The van der Waals surface area contributed by atoms with Crippen LogP contribution in [-0.4, -0.2) is 36.0 Å². The van der Waals surface area contributed by atoms with E-state index in [9.17, 15) is 4.79 Å². The second-order valence-corrected chi connectivity index (χ2v) is 6.81. The Hall–Kier alpha value is -0.0400. The van der Waals surface area contributed by atoms with Gasteiger partial charge in [-0.25, -0.2) is 0 Å². The van der Waals surface area contributed by atoms with Crippen LogP contribution in [-0.2, 0) is 0 Å². The summed E-state index contributed by atoms with van der Waals surface area (Å²) in [6, 6.07) is 6.27. The molecule has 0 aromatic heterocycles. The van der Waals surface area contributed by atoms with E-state index < -0.39 is 0 Å². The van der Waals surface area contributed by atoms with Gasteiger partial charge in [-0.2, -0.15) is 0 Å². The molecule has 1 N–H and O–H groups in total. The number of nitrogens with zero attached hydrogens (tertiary/aromatic N) is 1. The molecule has 2 bridgehead atoms. The molecule has 2 fully saturated rings. The maximum Gasteiger partial charge on any atom is 0.255 e. The predicted octanol–water partition coefficient (Wildman–Crippen LogP) is 3.33. The fraction of sp³-hybridized carbons (Fsp3) is 0.500. The summed E-state index contributed by atoms with van der Waals surface area (Å²) in [5.41, 5.74) is 0.743. The first-order valence-electron chi connectivity index (χ1n) is 6.65. The summed E-state index contributed by atoms with van der Waals surface area (Å²) in [5.74, 6) is 0.142. The summed E-state index contributed by atoms with van der Waals surface area (Å²) in [7, 11) is 0. The Labute approximate surface area is 144 Å². The topological polar surface area (TPSA) is 32.3 Å². The van der Waals surface area contributed by atoms with Gasteiger partial charge in [0.2, 0.25) is 0 Å². The van der Waals surface area contributed by atoms with Gasteiger partial charge in [0.05, 0.1) is 5.56 Å². The molecular weight excluding hydrogens is 410 g/mol. The molecule has 0 saturated carbocycles. The first-order valence-corrected chi connectivity index (χ1v) is 8.11. The van der Waals surface area contributed by atoms with Crippen molar-refractivity contribution in [3.8, 4) is 0 Å². The number of hydrogen-bond acceptors (Lipinski definition) is 2. The lowest BCUT2D eigenvalue weighted by Crippen LogP contribution is -2.42. The van der Waals surface area contributed by atoms with E-state index in [1.165, 1.54) is 0 Å². The van der Waals surface area contributed by atoms with Gasteiger partial charge in [-0.1, -0.05) is 11.6 Å². The lowest BCUT2D eigenvalue weighted by atomic mass is 10.1. The zero-order chi connectivity index (χ0) is 13.4. The lowest BCUT2D eigenvalue weighted by Gasteiger charge is -2.28. The summed E-state index contributed by atoms with van der Waals surface area (Å²) in [6.07, 6.45) is 3.30. The smallest absolute Gasteiger partial charge is 0.255 e. The van der Waals surface area contributed by atoms with Crippen molar-refractivity contribution < 1.29 is 4.79 Å². The molecule has 2 unspecified atom stereocenters. The number of carbonyl (C=O) groups excluding carboxylic acids is 1. The zero-order valence-corrected chi connectivity index (χ0v) is 14.7. The summed E-state index contributed by atoms with van der Waals surface area (Å²) in [4.78, 5) is 14.9. The third-order valence-corrected chi connectivity index (χ3v) is 5.22. The predicted molar refractivity (Wildman–Crippen MR) is 91.9 cm³/mol. The highest BCUT2D eigenvalue weighted by molar-refractivity contribution is 14.1. The number of benzene rings is 1. The van der Waals surface area contributed by atoms with Crippen LogP contribution in [0.25, 0.3) is 0 Å². The molecule has 20 heavy (non-hydrogen) atoms. The van der Waals surface area contributed by atoms with Crippen LogP contribution in [0.3, 0.4) is 0 Å². The number of amides is 1. The second-order valence-electron chi connectivity index (χ2n) is 5.21. The van der Waals surface area contributed by atoms with Crippen molar-refractivity contribution in [1.82, 2.24) is 10.2 Å². The summed E-state index contributed by atoms with van der Waals surface area (Å²) in [5, 5.41) is 4.05. The molecule has 3 nitrogen and oxygen atoms in total. The molecule has 110 valence electrons. The van der Waals surface area contributed by atoms with E-state index in [0.29, 0.717) is 17.1 Å². The molecule has 6 heteroatoms. The summed E-state index contributed by atoms with van der Waals surface area (Å²) in [6.45, 7) is 1.93. The first kappa shape index (κ1) is 16.3. The molecule has 3 rings (SSSR count). The first-order chi connectivity index (χ1) is 9.16. The van der Waals surface area contributed by atoms with Crippen LogP contribution in [0.4, 0.5) is 0 Å². The molecule has 0 aliphatic carbocycles. The van der Waals surface area contributed by atoms with Crippen LogP contribution in [0.5, 0.6) is 0 Å². The number of nitrogens with one attached hydrogen (secondary N) is 1. The van der Waals surface area contributed by atoms with Gasteiger partial charge in [0.1, 0.15) is 0 Å². The van der Waals surface area contributed by atoms with E-state index in [2.05, 4.69) is 32.8 Å². The number of hydrogen-bond donors (Lipinski definition) is 1. The minimum absolute atomic E-state index is 0. The van der Waals surface area contributed by atoms with Gasteiger partial charge in [-0.05, 0) is 66.6 Å². The fourth-order valence-corrected chi connectivity index (χ4v) is 3.85. The van der Waals surface area contributed by atoms with Crippen LogP contribution in [0, 0.1) is 3.57 Å². The highest BCUT2D eigenvalue weighted by atomic mass is 127. The molecule has 0 radical (unpaired) electrons. The quantitative estimate of drug-likeness (QED) is 0.698. The Bertz CT molecular complexity index is 498. The molecule has 2 heterocycles. The lowest BCUT2D eigenvalue weighted by molar-refractivity contribution is 0.0679. The Kier molecular flexibility index (Phi) is 5.56. The molecule has 2 atom stereocenters. The zero-order valence-electron chi connectivity index (χ0n) is 10.9. The largest absolute Gasteiger partial charge is 0.331 e. The van der Waals surface area contributed by atoms with Crippen LogP contribution in [0.1, 0.15) is 29.6 Å². The minimum Gasteiger partial charge on any atom is -0.331 e. The molecule has 2 aliphatic heterocycles. The van der Waals surface area contributed by atoms with Gasteiger partial charge in [0, 0.05) is 27.2 Å². The molecule has 1 aromatic rings. The summed E-state index contributed by atoms with van der Waals surface area (Å²) < 4.78 is 0.976. The van der Waals surface area contributed by atoms with E-state index in [4.69, 9.17) is 11.6 Å². The highest BCUT2D eigenvalue weighted by Gasteiger charge is 2.38. The van der Waals surface area contributed by atoms with Gasteiger partial charge in [-0.15, -0.1) is 12.4 Å². The Balaban J connectivity index is 0.00000147. The second kappa shape index (κ2) is 6.81. The van der Waals surface area contributed by atoms with Crippen molar-refractivity contribution >= 4 is 52.5 Å². The maximum atomic E-state index is 12.8. The van der Waals surface area contributed by atoms with Crippen molar-refractivity contribution in [3.63, 3.8) is 0 Å². The van der Waals surface area contributed by atoms with E-state index in [-0.39, 0.29) is 18.3 Å². The third kappa shape index (κ3) is 3.08. The molecule has 1 amide bonds. The number of halogens is 3. The van der Waals surface area contributed by atoms with E-state index in [1.807, 2.05) is 12.1 Å². The molecule has 0 spiro atoms. The van der Waals surface area contributed by atoms with E-state index in [1.54, 1.807) is 6.07 Å². The van der Waals surface area contributed by atoms with Gasteiger partial charge >= 0.3 is 0 Å². The van der Waals surface area contributed by atoms with Crippen molar-refractivity contribution in [3.05, 3.63) is 32.4 Å². The average molecular weight is 427 g/mol. The number of rotatable bonds is 1. The third-order valence-electron chi connectivity index (χ3n) is 4.05. The average Bonchev–Trinajstić information content (AvgIpc) is 2.65. The van der Waals surface area contributed by atoms with Gasteiger partial charge in [0.25, 0.3) is 5.91 Å². The molecule has 2 aliphatic rings. The standard InChI is InChI=1S/C14H16ClIN2O.ClH/c15-9-1-4-13(16)12(7-9)14(19)18-10-2-3-11(18)8-17-6-5-10;/h1,4,7,10-11,17H,2-3,5-6,8H2;1H. The maximum absolute atomic E-state index is 12.8. The normalized spacial score (nSPS) is 25.0. The van der Waals surface area contributed by atoms with Crippen molar-refractivity contribution in [2.45, 2.75) is 31.3 Å². The minimum atomic E-state index is 0. The van der Waals surface area contributed by atoms with Crippen LogP contribution < -0.4 is 5.32 Å². The van der Waals surface area contributed by atoms with Crippen molar-refractivity contribution in [2.24, 2.45) is 0 Å². The van der Waals surface area contributed by atoms with Gasteiger partial charge < -0.3 is 10.2 Å². The molecule has 2 saturated heterocycles. The monoisotopic (exact) mass is 426 g/mol. The van der Waals surface area contributed by atoms with Crippen LogP contribution in [0.15, 0.2) is 18.2 Å². The number of fused-ring (bicyclic) bond motifs is 2. The van der Waals surface area contributed by atoms with Crippen molar-refractivity contribution in [2.75, 3.05) is 13.1 Å². The highest BCUT2D eigenvalue weighted by Crippen LogP contribution is 2.31. The van der Waals surface area contributed by atoms with Crippen LogP contribution in [0.2, 0.25) is 5.02 Å². The van der Waals surface area contributed by atoms with E-state index >= 15 is 0 Å².